The Bertz CT molecular complexity index is 1360. The summed E-state index contributed by atoms with van der Waals surface area (Å²) < 4.78 is 30.6. The van der Waals surface area contributed by atoms with Crippen molar-refractivity contribution in [3.05, 3.63) is 99.4 Å². The molecule has 0 aliphatic rings. The van der Waals surface area contributed by atoms with Gasteiger partial charge in [0.25, 0.3) is 5.91 Å². The summed E-state index contributed by atoms with van der Waals surface area (Å²) in [5, 5.41) is 3.80. The summed E-state index contributed by atoms with van der Waals surface area (Å²) in [6, 6.07) is 15.5. The fourth-order valence-corrected chi connectivity index (χ4v) is 5.53. The monoisotopic (exact) mass is 486 g/mol. The molecule has 1 N–H and O–H groups in total. The van der Waals surface area contributed by atoms with Gasteiger partial charge in [-0.3, -0.25) is 10.1 Å². The molecule has 164 valence electrons. The number of aromatic nitrogens is 1. The van der Waals surface area contributed by atoms with Gasteiger partial charge in [0.2, 0.25) is 0 Å². The van der Waals surface area contributed by atoms with Gasteiger partial charge in [-0.25, -0.2) is 13.4 Å². The Balaban J connectivity index is 1.45. The molecule has 4 rings (SSSR count). The number of furan rings is 1. The Labute approximate surface area is 194 Å². The molecule has 6 nitrogen and oxygen atoms in total. The Kier molecular flexibility index (Phi) is 6.45. The van der Waals surface area contributed by atoms with Crippen LogP contribution in [0.2, 0.25) is 5.02 Å². The van der Waals surface area contributed by atoms with Crippen LogP contribution in [0.1, 0.15) is 32.1 Å². The normalized spacial score (nSPS) is 11.4. The summed E-state index contributed by atoms with van der Waals surface area (Å²) in [7, 11) is -3.61. The number of amides is 1. The highest BCUT2D eigenvalue weighted by Crippen LogP contribution is 2.25. The number of anilines is 1. The molecule has 0 spiro atoms. The lowest BCUT2D eigenvalue weighted by Gasteiger charge is -2.05. The summed E-state index contributed by atoms with van der Waals surface area (Å²) in [5.74, 6) is -0.938. The first-order valence-corrected chi connectivity index (χ1v) is 12.5. The van der Waals surface area contributed by atoms with E-state index >= 15 is 0 Å². The van der Waals surface area contributed by atoms with E-state index in [1.54, 1.807) is 24.4 Å². The molecule has 2 aromatic carbocycles. The second-order valence-corrected chi connectivity index (χ2v) is 10.7. The number of hydrogen-bond donors (Lipinski definition) is 1. The first-order chi connectivity index (χ1) is 15.3. The molecule has 1 amide bonds. The van der Waals surface area contributed by atoms with Crippen molar-refractivity contribution in [3.8, 4) is 0 Å². The zero-order chi connectivity index (χ0) is 22.7. The zero-order valence-corrected chi connectivity index (χ0v) is 19.4. The standard InChI is InChI=1S/C23H19ClN2O4S2/c1-15-7-8-16(12-20(15)24)11-18-13-25-23(31-18)26-22(27)21-17(9-10-30-21)14-32(28,29)19-5-3-2-4-6-19/h2-10,12-13H,11,14H2,1H3,(H,25,26,27). The second-order valence-electron chi connectivity index (χ2n) is 7.19. The van der Waals surface area contributed by atoms with Gasteiger partial charge in [0.1, 0.15) is 0 Å². The average Bonchev–Trinajstić information content (AvgIpc) is 3.40. The number of hydrogen-bond acceptors (Lipinski definition) is 6. The lowest BCUT2D eigenvalue weighted by Crippen LogP contribution is -2.14. The number of aryl methyl sites for hydroxylation is 1. The molecule has 9 heteroatoms. The summed E-state index contributed by atoms with van der Waals surface area (Å²) in [6.45, 7) is 1.94. The number of benzene rings is 2. The van der Waals surface area contributed by atoms with Crippen LogP contribution >= 0.6 is 22.9 Å². The Hall–Kier alpha value is -2.94. The van der Waals surface area contributed by atoms with Gasteiger partial charge in [-0.2, -0.15) is 0 Å². The van der Waals surface area contributed by atoms with E-state index in [1.807, 2.05) is 25.1 Å². The molecule has 0 aliphatic carbocycles. The number of halogens is 1. The van der Waals surface area contributed by atoms with E-state index in [9.17, 15) is 13.2 Å². The van der Waals surface area contributed by atoms with Crippen molar-refractivity contribution in [1.82, 2.24) is 4.98 Å². The molecule has 0 unspecified atom stereocenters. The van der Waals surface area contributed by atoms with E-state index in [1.165, 1.54) is 35.8 Å². The Morgan fingerprint density at radius 2 is 1.94 bits per heavy atom. The number of carbonyl (C=O) groups excluding carboxylic acids is 1. The predicted molar refractivity (Wildman–Crippen MR) is 125 cm³/mol. The van der Waals surface area contributed by atoms with E-state index in [-0.39, 0.29) is 22.0 Å². The minimum atomic E-state index is -3.61. The molecule has 2 heterocycles. The fourth-order valence-electron chi connectivity index (χ4n) is 3.11. The van der Waals surface area contributed by atoms with Gasteiger partial charge < -0.3 is 4.42 Å². The summed E-state index contributed by atoms with van der Waals surface area (Å²) in [5.41, 5.74) is 2.34. The molecule has 0 aliphatic heterocycles. The van der Waals surface area contributed by atoms with Crippen molar-refractivity contribution in [2.75, 3.05) is 5.32 Å². The molecule has 32 heavy (non-hydrogen) atoms. The first kappa shape index (κ1) is 22.3. The van der Waals surface area contributed by atoms with Crippen LogP contribution in [0.25, 0.3) is 0 Å². The Morgan fingerprint density at radius 3 is 2.69 bits per heavy atom. The number of rotatable bonds is 7. The maximum absolute atomic E-state index is 12.7. The average molecular weight is 487 g/mol. The van der Waals surface area contributed by atoms with Crippen molar-refractivity contribution in [3.63, 3.8) is 0 Å². The van der Waals surface area contributed by atoms with Crippen LogP contribution in [0, 0.1) is 6.92 Å². The molecule has 0 radical (unpaired) electrons. The van der Waals surface area contributed by atoms with Gasteiger partial charge in [0.15, 0.2) is 20.7 Å². The van der Waals surface area contributed by atoms with Gasteiger partial charge in [-0.1, -0.05) is 41.9 Å². The highest BCUT2D eigenvalue weighted by molar-refractivity contribution is 7.90. The molecule has 0 bridgehead atoms. The van der Waals surface area contributed by atoms with Gasteiger partial charge >= 0.3 is 0 Å². The van der Waals surface area contributed by atoms with Gasteiger partial charge in [-0.15, -0.1) is 11.3 Å². The summed E-state index contributed by atoms with van der Waals surface area (Å²) in [6.07, 6.45) is 3.63. The van der Waals surface area contributed by atoms with Crippen molar-refractivity contribution < 1.29 is 17.6 Å². The third-order valence-electron chi connectivity index (χ3n) is 4.79. The minimum absolute atomic E-state index is 0.0495. The van der Waals surface area contributed by atoms with E-state index in [0.717, 1.165) is 16.0 Å². The molecule has 4 aromatic rings. The smallest absolute Gasteiger partial charge is 0.293 e. The van der Waals surface area contributed by atoms with Crippen molar-refractivity contribution >= 4 is 43.8 Å². The SMILES string of the molecule is Cc1ccc(Cc2cnc(NC(=O)c3occc3CS(=O)(=O)c3ccccc3)s2)cc1Cl. The third kappa shape index (κ3) is 5.09. The molecule has 0 saturated heterocycles. The largest absolute Gasteiger partial charge is 0.459 e. The van der Waals surface area contributed by atoms with E-state index in [4.69, 9.17) is 16.0 Å². The fraction of sp³-hybridized carbons (Fsp3) is 0.130. The quantitative estimate of drug-likeness (QED) is 0.371. The third-order valence-corrected chi connectivity index (χ3v) is 7.79. The first-order valence-electron chi connectivity index (χ1n) is 9.67. The topological polar surface area (TPSA) is 89.3 Å². The molecule has 0 saturated carbocycles. The number of carbonyl (C=O) groups is 1. The number of sulfone groups is 1. The van der Waals surface area contributed by atoms with Crippen LogP contribution in [-0.4, -0.2) is 19.3 Å². The second kappa shape index (κ2) is 9.28. The van der Waals surface area contributed by atoms with Crippen LogP contribution < -0.4 is 5.32 Å². The van der Waals surface area contributed by atoms with Gasteiger partial charge in [-0.05, 0) is 42.3 Å². The van der Waals surface area contributed by atoms with Gasteiger partial charge in [0, 0.05) is 28.1 Å². The van der Waals surface area contributed by atoms with Crippen LogP contribution in [0.3, 0.4) is 0 Å². The van der Waals surface area contributed by atoms with Crippen LogP contribution in [0.5, 0.6) is 0 Å². The molecule has 0 atom stereocenters. The lowest BCUT2D eigenvalue weighted by molar-refractivity contribution is 0.0995. The maximum atomic E-state index is 12.7. The maximum Gasteiger partial charge on any atom is 0.293 e. The van der Waals surface area contributed by atoms with Crippen molar-refractivity contribution in [1.29, 1.82) is 0 Å². The molecular weight excluding hydrogens is 468 g/mol. The molecular formula is C23H19ClN2O4S2. The molecule has 0 fully saturated rings. The number of nitrogens with zero attached hydrogens (tertiary/aromatic N) is 1. The van der Waals surface area contributed by atoms with Crippen LogP contribution in [0.15, 0.2) is 76.4 Å². The Morgan fingerprint density at radius 1 is 1.16 bits per heavy atom. The number of thiazole rings is 1. The summed E-state index contributed by atoms with van der Waals surface area (Å²) in [4.78, 5) is 18.1. The van der Waals surface area contributed by atoms with E-state index in [0.29, 0.717) is 16.6 Å². The number of nitrogens with one attached hydrogen (secondary N) is 1. The van der Waals surface area contributed by atoms with Crippen molar-refractivity contribution in [2.24, 2.45) is 0 Å². The molecule has 2 aromatic heterocycles. The highest BCUT2D eigenvalue weighted by atomic mass is 35.5. The van der Waals surface area contributed by atoms with Crippen LogP contribution in [0.4, 0.5) is 5.13 Å². The predicted octanol–water partition coefficient (Wildman–Crippen LogP) is 5.51. The highest BCUT2D eigenvalue weighted by Gasteiger charge is 2.23. The summed E-state index contributed by atoms with van der Waals surface area (Å²) >= 11 is 7.52. The van der Waals surface area contributed by atoms with Crippen molar-refractivity contribution in [2.45, 2.75) is 24.0 Å². The van der Waals surface area contributed by atoms with E-state index in [2.05, 4.69) is 10.3 Å². The minimum Gasteiger partial charge on any atom is -0.459 e. The lowest BCUT2D eigenvalue weighted by atomic mass is 10.1. The van der Waals surface area contributed by atoms with Gasteiger partial charge in [0.05, 0.1) is 16.9 Å². The zero-order valence-electron chi connectivity index (χ0n) is 17.0. The van der Waals surface area contributed by atoms with E-state index < -0.39 is 15.7 Å². The van der Waals surface area contributed by atoms with Crippen LogP contribution in [-0.2, 0) is 22.0 Å².